The topological polar surface area (TPSA) is 165 Å². The summed E-state index contributed by atoms with van der Waals surface area (Å²) in [5, 5.41) is 21.3. The molecule has 0 radical (unpaired) electrons. The van der Waals surface area contributed by atoms with Crippen LogP contribution in [0, 0.1) is 18.3 Å². The minimum Gasteiger partial charge on any atom is -0.443 e. The molecule has 3 N–H and O–H groups in total. The van der Waals surface area contributed by atoms with Crippen LogP contribution in [0.5, 0.6) is 0 Å². The summed E-state index contributed by atoms with van der Waals surface area (Å²) in [7, 11) is 0. The fourth-order valence-corrected chi connectivity index (χ4v) is 4.26. The lowest BCUT2D eigenvalue weighted by molar-refractivity contribution is -0.000625. The molecule has 38 heavy (non-hydrogen) atoms. The van der Waals surface area contributed by atoms with Crippen molar-refractivity contribution < 1.29 is 18.8 Å². The molecule has 12 nitrogen and oxygen atoms in total. The van der Waals surface area contributed by atoms with E-state index in [9.17, 15) is 14.9 Å². The van der Waals surface area contributed by atoms with Gasteiger partial charge in [0.25, 0.3) is 5.91 Å². The summed E-state index contributed by atoms with van der Waals surface area (Å²) in [5.74, 6) is 0.581. The third kappa shape index (κ3) is 5.61. The highest BCUT2D eigenvalue weighted by molar-refractivity contribution is 5.98. The lowest BCUT2D eigenvalue weighted by Gasteiger charge is -2.41. The molecule has 0 atom stereocenters. The highest BCUT2D eigenvalue weighted by atomic mass is 16.6. The van der Waals surface area contributed by atoms with E-state index >= 15 is 0 Å². The van der Waals surface area contributed by atoms with Gasteiger partial charge in [-0.1, -0.05) is 12.1 Å². The first kappa shape index (κ1) is 26.7. The van der Waals surface area contributed by atoms with E-state index in [-0.39, 0.29) is 23.9 Å². The Bertz CT molecular complexity index is 1340. The van der Waals surface area contributed by atoms with E-state index in [4.69, 9.17) is 15.0 Å². The molecule has 3 heterocycles. The number of benzene rings is 1. The number of piperidine rings is 1. The molecule has 2 aromatic heterocycles. The molecule has 4 rings (SSSR count). The van der Waals surface area contributed by atoms with Crippen LogP contribution in [-0.4, -0.2) is 55.5 Å². The van der Waals surface area contributed by atoms with E-state index in [0.29, 0.717) is 49.8 Å². The summed E-state index contributed by atoms with van der Waals surface area (Å²) in [4.78, 5) is 30.8. The number of amides is 2. The van der Waals surface area contributed by atoms with Gasteiger partial charge in [-0.2, -0.15) is 15.3 Å². The Labute approximate surface area is 220 Å². The average molecular weight is 521 g/mol. The fraction of sp³-hybridized carbons (Fsp3) is 0.462. The second-order valence-electron chi connectivity index (χ2n) is 10.1. The van der Waals surface area contributed by atoms with Crippen molar-refractivity contribution >= 4 is 23.5 Å². The number of ether oxygens (including phenoxy) is 1. The zero-order valence-electron chi connectivity index (χ0n) is 22.0. The Kier molecular flexibility index (Phi) is 7.39. The molecule has 12 heteroatoms. The Morgan fingerprint density at radius 1 is 1.26 bits per heavy atom. The molecule has 2 amide bonds. The number of hydrogen-bond donors (Lipinski definition) is 2. The predicted molar refractivity (Wildman–Crippen MR) is 138 cm³/mol. The van der Waals surface area contributed by atoms with Crippen LogP contribution in [0.2, 0.25) is 0 Å². The number of aryl methyl sites for hydroxylation is 1. The van der Waals surface area contributed by atoms with Gasteiger partial charge in [0.2, 0.25) is 11.7 Å². The molecule has 1 saturated heterocycles. The van der Waals surface area contributed by atoms with Gasteiger partial charge in [0.1, 0.15) is 11.2 Å². The maximum atomic E-state index is 12.7. The number of carbonyl (C=O) groups is 2. The van der Waals surface area contributed by atoms with Gasteiger partial charge in [0.15, 0.2) is 5.82 Å². The molecule has 1 aliphatic rings. The number of nitrogens with zero attached hydrogens (tertiary/aromatic N) is 6. The molecular formula is C26H32N8O4. The number of nitrogens with one attached hydrogen (secondary N) is 1. The number of anilines is 2. The van der Waals surface area contributed by atoms with E-state index in [1.165, 1.54) is 0 Å². The van der Waals surface area contributed by atoms with Crippen molar-refractivity contribution in [1.82, 2.24) is 24.8 Å². The third-order valence-corrected chi connectivity index (χ3v) is 6.97. The van der Waals surface area contributed by atoms with Crippen molar-refractivity contribution in [1.29, 1.82) is 5.26 Å². The lowest BCUT2D eigenvalue weighted by atomic mass is 9.85. The second kappa shape index (κ2) is 10.5. The van der Waals surface area contributed by atoms with Crippen LogP contribution >= 0.6 is 0 Å². The van der Waals surface area contributed by atoms with Crippen molar-refractivity contribution in [3.8, 4) is 17.5 Å². The van der Waals surface area contributed by atoms with Crippen molar-refractivity contribution in [2.75, 3.05) is 18.4 Å². The van der Waals surface area contributed by atoms with E-state index in [0.717, 1.165) is 5.56 Å². The first-order valence-corrected chi connectivity index (χ1v) is 12.5. The molecule has 1 aromatic carbocycles. The summed E-state index contributed by atoms with van der Waals surface area (Å²) in [6, 6.07) is 9.49. The number of nitrogens with two attached hydrogens (primary N) is 1. The van der Waals surface area contributed by atoms with Gasteiger partial charge in [0, 0.05) is 37.5 Å². The van der Waals surface area contributed by atoms with Crippen molar-refractivity contribution in [2.45, 2.75) is 64.5 Å². The summed E-state index contributed by atoms with van der Waals surface area (Å²) < 4.78 is 12.3. The Morgan fingerprint density at radius 2 is 1.95 bits per heavy atom. The molecule has 0 spiro atoms. The van der Waals surface area contributed by atoms with Crippen molar-refractivity contribution in [2.24, 2.45) is 5.73 Å². The van der Waals surface area contributed by atoms with Crippen LogP contribution in [0.15, 0.2) is 35.0 Å². The van der Waals surface area contributed by atoms with Gasteiger partial charge >= 0.3 is 6.09 Å². The maximum absolute atomic E-state index is 12.7. The predicted octanol–water partition coefficient (Wildman–Crippen LogP) is 4.11. The minimum atomic E-state index is -0.698. The molecule has 3 aromatic rings. The molecular weight excluding hydrogens is 488 g/mol. The van der Waals surface area contributed by atoms with Crippen molar-refractivity contribution in [3.05, 3.63) is 41.9 Å². The average Bonchev–Trinajstić information content (AvgIpc) is 3.52. The largest absolute Gasteiger partial charge is 0.443 e. The number of aromatic nitrogens is 4. The van der Waals surface area contributed by atoms with Gasteiger partial charge in [-0.05, 0) is 57.4 Å². The number of rotatable bonds is 8. The van der Waals surface area contributed by atoms with Crippen LogP contribution in [-0.2, 0) is 10.3 Å². The van der Waals surface area contributed by atoms with Crippen LogP contribution in [0.4, 0.5) is 16.3 Å². The van der Waals surface area contributed by atoms with E-state index < -0.39 is 17.0 Å². The normalized spacial score (nSPS) is 15.1. The maximum Gasteiger partial charge on any atom is 0.410 e. The quantitative estimate of drug-likeness (QED) is 0.444. The molecule has 0 saturated carbocycles. The molecule has 0 aliphatic carbocycles. The Hall–Kier alpha value is -4.40. The molecule has 200 valence electrons. The zero-order chi connectivity index (χ0) is 27.5. The number of hydrogen-bond acceptors (Lipinski definition) is 9. The van der Waals surface area contributed by atoms with E-state index in [1.807, 2.05) is 32.9 Å². The summed E-state index contributed by atoms with van der Waals surface area (Å²) in [6.07, 6.45) is 3.01. The molecule has 0 unspecified atom stereocenters. The van der Waals surface area contributed by atoms with Gasteiger partial charge in [-0.3, -0.25) is 9.48 Å². The third-order valence-electron chi connectivity index (χ3n) is 6.97. The van der Waals surface area contributed by atoms with E-state index in [2.05, 4.69) is 26.6 Å². The van der Waals surface area contributed by atoms with Gasteiger partial charge < -0.3 is 25.2 Å². The molecule has 1 fully saturated rings. The summed E-state index contributed by atoms with van der Waals surface area (Å²) in [6.45, 7) is 8.22. The zero-order valence-corrected chi connectivity index (χ0v) is 22.0. The summed E-state index contributed by atoms with van der Waals surface area (Å²) >= 11 is 0. The smallest absolute Gasteiger partial charge is 0.410 e. The monoisotopic (exact) mass is 520 g/mol. The first-order valence-electron chi connectivity index (χ1n) is 12.5. The van der Waals surface area contributed by atoms with Gasteiger partial charge in [-0.15, -0.1) is 0 Å². The van der Waals surface area contributed by atoms with Crippen LogP contribution in [0.25, 0.3) is 11.4 Å². The van der Waals surface area contributed by atoms with Crippen LogP contribution in [0.3, 0.4) is 0 Å². The SMILES string of the molecule is CCC(C)(C)OC(=O)N1CCC(CC#N)(n2cc(C(N)=O)c(Nc3ccc(-c4noc(C)n4)cc3)n2)CC1. The number of carbonyl (C=O) groups excluding carboxylic acids is 2. The molecule has 1 aliphatic heterocycles. The van der Waals surface area contributed by atoms with E-state index in [1.54, 1.807) is 34.8 Å². The minimum absolute atomic E-state index is 0.161. The second-order valence-corrected chi connectivity index (χ2v) is 10.1. The number of primary amides is 1. The van der Waals surface area contributed by atoms with Crippen LogP contribution in [0.1, 0.15) is 62.7 Å². The van der Waals surface area contributed by atoms with Gasteiger partial charge in [0.05, 0.1) is 18.0 Å². The van der Waals surface area contributed by atoms with Gasteiger partial charge in [-0.25, -0.2) is 4.79 Å². The highest BCUT2D eigenvalue weighted by Crippen LogP contribution is 2.35. The first-order chi connectivity index (χ1) is 18.1. The lowest BCUT2D eigenvalue weighted by Crippen LogP contribution is -2.49. The number of likely N-dealkylation sites (tertiary alicyclic amines) is 1. The Balaban J connectivity index is 1.54. The number of nitriles is 1. The Morgan fingerprint density at radius 3 is 2.50 bits per heavy atom. The van der Waals surface area contributed by atoms with Crippen LogP contribution < -0.4 is 11.1 Å². The standard InChI is InChI=1S/C26H32N8O4/c1-5-25(3,4)37-24(36)33-14-11-26(10-13-27,12-15-33)34-16-20(21(28)35)23(31-34)30-19-8-6-18(7-9-19)22-29-17(2)38-32-22/h6-9,16H,5,10-12,14-15H2,1-4H3,(H2,28,35)(H,30,31). The summed E-state index contributed by atoms with van der Waals surface area (Å²) in [5.41, 5.74) is 6.06. The fourth-order valence-electron chi connectivity index (χ4n) is 4.26. The van der Waals surface area contributed by atoms with Crippen molar-refractivity contribution in [3.63, 3.8) is 0 Å². The highest BCUT2D eigenvalue weighted by Gasteiger charge is 2.40. The molecule has 0 bridgehead atoms.